The fraction of sp³-hybridized carbons (Fsp3) is 0.167. The zero-order chi connectivity index (χ0) is 17.5. The lowest BCUT2D eigenvalue weighted by molar-refractivity contribution is 0.151. The standard InChI is InChI=1S/C24H20OS/c1-2-25-8-7-23-14-22-13-20-11-18-9-16-5-3-4-6-17(16)10-19(18)12-21(20)15-24(22)26-23/h3-6,9-15H,2,7-8H2,1H3. The molecule has 0 aliphatic heterocycles. The molecular formula is C24H20OS. The summed E-state index contributed by atoms with van der Waals surface area (Å²) in [6.45, 7) is 3.64. The summed E-state index contributed by atoms with van der Waals surface area (Å²) in [7, 11) is 0. The lowest BCUT2D eigenvalue weighted by Gasteiger charge is -2.05. The monoisotopic (exact) mass is 356 g/mol. The van der Waals surface area contributed by atoms with Gasteiger partial charge < -0.3 is 4.74 Å². The first-order chi connectivity index (χ1) is 12.8. The smallest absolute Gasteiger partial charge is 0.0514 e. The summed E-state index contributed by atoms with van der Waals surface area (Å²) >= 11 is 1.89. The Bertz CT molecular complexity index is 1160. The largest absolute Gasteiger partial charge is 0.381 e. The molecule has 0 unspecified atom stereocenters. The molecule has 0 bridgehead atoms. The van der Waals surface area contributed by atoms with E-state index in [0.29, 0.717) is 0 Å². The van der Waals surface area contributed by atoms with Crippen molar-refractivity contribution in [3.05, 3.63) is 71.6 Å². The molecule has 0 radical (unpaired) electrons. The van der Waals surface area contributed by atoms with Gasteiger partial charge in [0.2, 0.25) is 0 Å². The van der Waals surface area contributed by atoms with E-state index in [1.807, 2.05) is 18.3 Å². The van der Waals surface area contributed by atoms with Crippen molar-refractivity contribution in [2.75, 3.05) is 13.2 Å². The Morgan fingerprint density at radius 1 is 0.692 bits per heavy atom. The van der Waals surface area contributed by atoms with Crippen molar-refractivity contribution in [1.82, 2.24) is 0 Å². The maximum Gasteiger partial charge on any atom is 0.0514 e. The van der Waals surface area contributed by atoms with Crippen molar-refractivity contribution in [3.63, 3.8) is 0 Å². The molecule has 0 aliphatic carbocycles. The summed E-state index contributed by atoms with van der Waals surface area (Å²) in [6, 6.07) is 24.8. The Hall–Kier alpha value is -2.42. The Kier molecular flexibility index (Phi) is 3.88. The van der Waals surface area contributed by atoms with E-state index >= 15 is 0 Å². The van der Waals surface area contributed by atoms with Crippen LogP contribution in [0.15, 0.2) is 66.7 Å². The van der Waals surface area contributed by atoms with Crippen LogP contribution in [0.2, 0.25) is 0 Å². The second kappa shape index (κ2) is 6.39. The third-order valence-corrected chi connectivity index (χ3v) is 6.20. The van der Waals surface area contributed by atoms with Gasteiger partial charge in [0.1, 0.15) is 0 Å². The highest BCUT2D eigenvalue weighted by molar-refractivity contribution is 7.19. The zero-order valence-electron chi connectivity index (χ0n) is 14.8. The van der Waals surface area contributed by atoms with Crippen LogP contribution in [0.4, 0.5) is 0 Å². The minimum atomic E-state index is 0.787. The molecule has 1 heterocycles. The molecule has 2 heteroatoms. The number of hydrogen-bond donors (Lipinski definition) is 0. The van der Waals surface area contributed by atoms with Crippen LogP contribution in [0.1, 0.15) is 11.8 Å². The molecule has 0 saturated carbocycles. The quantitative estimate of drug-likeness (QED) is 0.250. The minimum Gasteiger partial charge on any atom is -0.381 e. The van der Waals surface area contributed by atoms with Crippen molar-refractivity contribution in [3.8, 4) is 0 Å². The first-order valence-corrected chi connectivity index (χ1v) is 9.98. The molecule has 0 spiro atoms. The predicted octanol–water partition coefficient (Wildman–Crippen LogP) is 6.94. The SMILES string of the molecule is CCOCCc1cc2cc3cc4cc5ccccc5cc4cc3cc2s1. The second-order valence-corrected chi connectivity index (χ2v) is 7.96. The van der Waals surface area contributed by atoms with Crippen LogP contribution < -0.4 is 0 Å². The van der Waals surface area contributed by atoms with Gasteiger partial charge in [0, 0.05) is 22.6 Å². The summed E-state index contributed by atoms with van der Waals surface area (Å²) < 4.78 is 6.87. The summed E-state index contributed by atoms with van der Waals surface area (Å²) in [5, 5.41) is 9.19. The molecule has 26 heavy (non-hydrogen) atoms. The van der Waals surface area contributed by atoms with E-state index in [1.54, 1.807) is 0 Å². The van der Waals surface area contributed by atoms with Crippen molar-refractivity contribution in [2.24, 2.45) is 0 Å². The van der Waals surface area contributed by atoms with Gasteiger partial charge in [-0.1, -0.05) is 24.3 Å². The highest BCUT2D eigenvalue weighted by Crippen LogP contribution is 2.33. The topological polar surface area (TPSA) is 9.23 Å². The lowest BCUT2D eigenvalue weighted by atomic mass is 9.99. The van der Waals surface area contributed by atoms with Crippen LogP contribution in [-0.4, -0.2) is 13.2 Å². The van der Waals surface area contributed by atoms with Crippen LogP contribution in [0.5, 0.6) is 0 Å². The van der Waals surface area contributed by atoms with Crippen molar-refractivity contribution in [1.29, 1.82) is 0 Å². The maximum absolute atomic E-state index is 5.51. The van der Waals surface area contributed by atoms with Gasteiger partial charge in [-0.15, -0.1) is 11.3 Å². The summed E-state index contributed by atoms with van der Waals surface area (Å²) in [5.41, 5.74) is 0. The third-order valence-electron chi connectivity index (χ3n) is 5.04. The number of hydrogen-bond acceptors (Lipinski definition) is 2. The van der Waals surface area contributed by atoms with Gasteiger partial charge >= 0.3 is 0 Å². The summed E-state index contributed by atoms with van der Waals surface area (Å²) in [5.74, 6) is 0. The fourth-order valence-electron chi connectivity index (χ4n) is 3.73. The Balaban J connectivity index is 1.66. The van der Waals surface area contributed by atoms with Crippen molar-refractivity contribution >= 4 is 53.7 Å². The van der Waals surface area contributed by atoms with Gasteiger partial charge in [0.05, 0.1) is 6.61 Å². The molecule has 0 N–H and O–H groups in total. The first kappa shape index (κ1) is 15.8. The molecule has 0 fully saturated rings. The van der Waals surface area contributed by atoms with E-state index in [1.165, 1.54) is 47.3 Å². The van der Waals surface area contributed by atoms with Crippen LogP contribution in [0.25, 0.3) is 42.4 Å². The second-order valence-electron chi connectivity index (χ2n) is 6.80. The Morgan fingerprint density at radius 2 is 1.27 bits per heavy atom. The molecule has 1 nitrogen and oxygen atoms in total. The molecule has 1 aromatic heterocycles. The van der Waals surface area contributed by atoms with E-state index in [4.69, 9.17) is 4.74 Å². The minimum absolute atomic E-state index is 0.787. The van der Waals surface area contributed by atoms with E-state index in [2.05, 4.69) is 66.7 Å². The van der Waals surface area contributed by atoms with Gasteiger partial charge in [0.25, 0.3) is 0 Å². The first-order valence-electron chi connectivity index (χ1n) is 9.17. The number of ether oxygens (including phenoxy) is 1. The number of benzene rings is 4. The summed E-state index contributed by atoms with van der Waals surface area (Å²) in [6.07, 6.45) is 0.997. The van der Waals surface area contributed by atoms with E-state index in [9.17, 15) is 0 Å². The van der Waals surface area contributed by atoms with Crippen LogP contribution in [-0.2, 0) is 11.2 Å². The lowest BCUT2D eigenvalue weighted by Crippen LogP contribution is -1.95. The van der Waals surface area contributed by atoms with Gasteiger partial charge in [-0.3, -0.25) is 0 Å². The molecule has 5 aromatic rings. The average molecular weight is 356 g/mol. The molecule has 5 rings (SSSR count). The molecular weight excluding hydrogens is 336 g/mol. The van der Waals surface area contributed by atoms with Gasteiger partial charge in [-0.25, -0.2) is 0 Å². The highest BCUT2D eigenvalue weighted by Gasteiger charge is 2.06. The zero-order valence-corrected chi connectivity index (χ0v) is 15.6. The van der Waals surface area contributed by atoms with E-state index in [-0.39, 0.29) is 0 Å². The third kappa shape index (κ3) is 2.76. The molecule has 128 valence electrons. The van der Waals surface area contributed by atoms with Gasteiger partial charge in [-0.2, -0.15) is 0 Å². The molecule has 0 atom stereocenters. The van der Waals surface area contributed by atoms with E-state index in [0.717, 1.165) is 19.6 Å². The Morgan fingerprint density at radius 3 is 1.92 bits per heavy atom. The van der Waals surface area contributed by atoms with E-state index < -0.39 is 0 Å². The molecule has 0 amide bonds. The van der Waals surface area contributed by atoms with Gasteiger partial charge in [0.15, 0.2) is 0 Å². The highest BCUT2D eigenvalue weighted by atomic mass is 32.1. The number of thiophene rings is 1. The van der Waals surface area contributed by atoms with Crippen LogP contribution in [0.3, 0.4) is 0 Å². The predicted molar refractivity (Wildman–Crippen MR) is 115 cm³/mol. The van der Waals surface area contributed by atoms with Crippen molar-refractivity contribution < 1.29 is 4.74 Å². The molecule has 0 aliphatic rings. The molecule has 0 saturated heterocycles. The fourth-order valence-corrected chi connectivity index (χ4v) is 4.80. The van der Waals surface area contributed by atoms with Gasteiger partial charge in [-0.05, 0) is 87.1 Å². The number of fused-ring (bicyclic) bond motifs is 4. The molecule has 4 aromatic carbocycles. The number of rotatable bonds is 4. The summed E-state index contributed by atoms with van der Waals surface area (Å²) in [4.78, 5) is 1.40. The maximum atomic E-state index is 5.51. The normalized spacial score (nSPS) is 11.9. The van der Waals surface area contributed by atoms with Crippen molar-refractivity contribution in [2.45, 2.75) is 13.3 Å². The average Bonchev–Trinajstić information content (AvgIpc) is 3.04. The van der Waals surface area contributed by atoms with Crippen LogP contribution >= 0.6 is 11.3 Å². The Labute approximate surface area is 156 Å². The van der Waals surface area contributed by atoms with Crippen LogP contribution in [0, 0.1) is 0 Å².